The van der Waals surface area contributed by atoms with Crippen molar-refractivity contribution >= 4 is 0 Å². The lowest BCUT2D eigenvalue weighted by atomic mass is 10.0. The molecule has 1 fully saturated rings. The maximum Gasteiger partial charge on any atom is 0.416 e. The van der Waals surface area contributed by atoms with Crippen LogP contribution < -0.4 is 4.74 Å². The second-order valence-corrected chi connectivity index (χ2v) is 7.86. The van der Waals surface area contributed by atoms with Crippen LogP contribution in [0.25, 0.3) is 0 Å². The number of halogens is 3. The number of hydrogen-bond acceptors (Lipinski definition) is 4. The van der Waals surface area contributed by atoms with Gasteiger partial charge in [0.1, 0.15) is 5.75 Å². The number of aromatic nitrogens is 4. The van der Waals surface area contributed by atoms with Gasteiger partial charge < -0.3 is 4.74 Å². The van der Waals surface area contributed by atoms with Crippen LogP contribution in [0.5, 0.6) is 5.75 Å². The second kappa shape index (κ2) is 9.13. The van der Waals surface area contributed by atoms with Crippen LogP contribution in [-0.2, 0) is 25.7 Å². The average Bonchev–Trinajstić information content (AvgIpc) is 3.49. The van der Waals surface area contributed by atoms with Gasteiger partial charge in [0.05, 0.1) is 24.1 Å². The minimum absolute atomic E-state index is 0.366. The van der Waals surface area contributed by atoms with E-state index < -0.39 is 11.7 Å². The summed E-state index contributed by atoms with van der Waals surface area (Å²) in [7, 11) is 0. The lowest BCUT2D eigenvalue weighted by Crippen LogP contribution is -2.19. The van der Waals surface area contributed by atoms with E-state index in [0.29, 0.717) is 24.7 Å². The molecule has 166 valence electrons. The van der Waals surface area contributed by atoms with E-state index in [9.17, 15) is 13.2 Å². The fourth-order valence-corrected chi connectivity index (χ4v) is 3.87. The molecule has 0 saturated carbocycles. The minimum atomic E-state index is -4.34. The molecule has 1 atom stereocenters. The first-order valence-corrected chi connectivity index (χ1v) is 10.5. The van der Waals surface area contributed by atoms with E-state index in [1.165, 1.54) is 17.7 Å². The summed E-state index contributed by atoms with van der Waals surface area (Å²) in [6, 6.07) is 6.82. The van der Waals surface area contributed by atoms with Crippen molar-refractivity contribution in [3.63, 3.8) is 0 Å². The molecule has 2 aromatic heterocycles. The quantitative estimate of drug-likeness (QED) is 0.577. The number of benzene rings is 1. The molecule has 31 heavy (non-hydrogen) atoms. The molecule has 1 saturated heterocycles. The highest BCUT2D eigenvalue weighted by atomic mass is 19.4. The summed E-state index contributed by atoms with van der Waals surface area (Å²) in [5.41, 5.74) is 2.56. The summed E-state index contributed by atoms with van der Waals surface area (Å²) in [6.45, 7) is 6.21. The van der Waals surface area contributed by atoms with E-state index in [2.05, 4.69) is 39.4 Å². The first-order valence-electron chi connectivity index (χ1n) is 10.5. The van der Waals surface area contributed by atoms with E-state index in [1.54, 1.807) is 0 Å². The van der Waals surface area contributed by atoms with Crippen LogP contribution in [0.3, 0.4) is 0 Å². The predicted octanol–water partition coefficient (Wildman–Crippen LogP) is 4.26. The number of aryl methyl sites for hydroxylation is 1. The van der Waals surface area contributed by atoms with Gasteiger partial charge in [-0.05, 0) is 50.2 Å². The van der Waals surface area contributed by atoms with Gasteiger partial charge in [0, 0.05) is 49.4 Å². The van der Waals surface area contributed by atoms with Crippen molar-refractivity contribution in [2.75, 3.05) is 19.7 Å². The maximum absolute atomic E-state index is 12.6. The lowest BCUT2D eigenvalue weighted by molar-refractivity contribution is -0.137. The third kappa shape index (κ3) is 5.46. The molecule has 1 aromatic carbocycles. The lowest BCUT2D eigenvalue weighted by Gasteiger charge is -2.14. The van der Waals surface area contributed by atoms with Crippen LogP contribution in [0.2, 0.25) is 0 Å². The van der Waals surface area contributed by atoms with Crippen LogP contribution in [0.15, 0.2) is 42.7 Å². The van der Waals surface area contributed by atoms with Crippen molar-refractivity contribution in [2.45, 2.75) is 44.9 Å². The summed E-state index contributed by atoms with van der Waals surface area (Å²) in [6.07, 6.45) is 1.36. The van der Waals surface area contributed by atoms with Gasteiger partial charge in [-0.3, -0.25) is 14.7 Å². The Morgan fingerprint density at radius 1 is 1.23 bits per heavy atom. The van der Waals surface area contributed by atoms with E-state index in [0.717, 1.165) is 56.1 Å². The van der Waals surface area contributed by atoms with E-state index >= 15 is 0 Å². The van der Waals surface area contributed by atoms with Crippen LogP contribution in [0.1, 0.15) is 41.8 Å². The third-order valence-corrected chi connectivity index (χ3v) is 5.58. The Hall–Kier alpha value is -2.81. The van der Waals surface area contributed by atoms with E-state index in [1.807, 2.05) is 10.9 Å². The van der Waals surface area contributed by atoms with Gasteiger partial charge in [0.2, 0.25) is 0 Å². The Morgan fingerprint density at radius 3 is 2.74 bits per heavy atom. The average molecular weight is 433 g/mol. The van der Waals surface area contributed by atoms with Gasteiger partial charge in [-0.1, -0.05) is 0 Å². The molecule has 1 N–H and O–H groups in total. The van der Waals surface area contributed by atoms with Gasteiger partial charge in [0.15, 0.2) is 0 Å². The normalized spacial score (nSPS) is 17.4. The number of likely N-dealkylation sites (tertiary alicyclic amines) is 1. The number of hydrogen-bond donors (Lipinski definition) is 1. The van der Waals surface area contributed by atoms with Crippen LogP contribution in [0, 0.1) is 0 Å². The van der Waals surface area contributed by atoms with Crippen LogP contribution in [-0.4, -0.2) is 44.6 Å². The molecular formula is C22H26F3N5O. The van der Waals surface area contributed by atoms with Gasteiger partial charge in [-0.25, -0.2) is 0 Å². The predicted molar refractivity (Wildman–Crippen MR) is 110 cm³/mol. The van der Waals surface area contributed by atoms with E-state index in [4.69, 9.17) is 4.74 Å². The Morgan fingerprint density at radius 2 is 2.03 bits per heavy atom. The van der Waals surface area contributed by atoms with Crippen LogP contribution in [0.4, 0.5) is 13.2 Å². The summed E-state index contributed by atoms with van der Waals surface area (Å²) in [4.78, 5) is 2.42. The molecule has 6 nitrogen and oxygen atoms in total. The molecule has 1 aliphatic heterocycles. The molecule has 4 rings (SSSR count). The second-order valence-electron chi connectivity index (χ2n) is 7.86. The number of nitrogens with one attached hydrogen (secondary N) is 1. The minimum Gasteiger partial charge on any atom is -0.493 e. The molecular weight excluding hydrogens is 407 g/mol. The van der Waals surface area contributed by atoms with Gasteiger partial charge in [-0.2, -0.15) is 23.4 Å². The number of nitrogens with zero attached hydrogens (tertiary/aromatic N) is 4. The monoisotopic (exact) mass is 433 g/mol. The first kappa shape index (κ1) is 21.4. The topological polar surface area (TPSA) is 59.0 Å². The molecule has 1 unspecified atom stereocenters. The molecule has 9 heteroatoms. The van der Waals surface area contributed by atoms with Gasteiger partial charge in [0.25, 0.3) is 0 Å². The smallest absolute Gasteiger partial charge is 0.416 e. The molecule has 0 amide bonds. The molecule has 0 radical (unpaired) electrons. The van der Waals surface area contributed by atoms with Gasteiger partial charge >= 0.3 is 6.18 Å². The zero-order chi connectivity index (χ0) is 21.8. The van der Waals surface area contributed by atoms with Crippen molar-refractivity contribution in [3.05, 3.63) is 65.2 Å². The Labute approximate surface area is 179 Å². The summed E-state index contributed by atoms with van der Waals surface area (Å²) >= 11 is 0. The summed E-state index contributed by atoms with van der Waals surface area (Å²) in [5, 5.41) is 11.9. The van der Waals surface area contributed by atoms with Crippen molar-refractivity contribution in [1.82, 2.24) is 24.9 Å². The number of H-pyrrole nitrogens is 1. The summed E-state index contributed by atoms with van der Waals surface area (Å²) in [5.74, 6) is 0.813. The van der Waals surface area contributed by atoms with E-state index in [-0.39, 0.29) is 0 Å². The number of ether oxygens (including phenoxy) is 1. The molecule has 0 spiro atoms. The molecule has 0 bridgehead atoms. The highest BCUT2D eigenvalue weighted by Gasteiger charge is 2.30. The van der Waals surface area contributed by atoms with Gasteiger partial charge in [-0.15, -0.1) is 0 Å². The van der Waals surface area contributed by atoms with Crippen molar-refractivity contribution < 1.29 is 17.9 Å². The highest BCUT2D eigenvalue weighted by Crippen LogP contribution is 2.30. The Kier molecular flexibility index (Phi) is 6.31. The molecule has 3 heterocycles. The number of aromatic amines is 1. The summed E-state index contributed by atoms with van der Waals surface area (Å²) < 4.78 is 45.4. The van der Waals surface area contributed by atoms with Crippen molar-refractivity contribution in [2.24, 2.45) is 0 Å². The Bertz CT molecular complexity index is 980. The largest absolute Gasteiger partial charge is 0.493 e. The zero-order valence-corrected chi connectivity index (χ0v) is 17.4. The van der Waals surface area contributed by atoms with Crippen molar-refractivity contribution in [3.8, 4) is 5.75 Å². The third-order valence-electron chi connectivity index (χ3n) is 5.58. The molecule has 3 aromatic rings. The first-order chi connectivity index (χ1) is 14.9. The maximum atomic E-state index is 12.6. The van der Waals surface area contributed by atoms with Crippen LogP contribution >= 0.6 is 0 Å². The Balaban J connectivity index is 1.24. The van der Waals surface area contributed by atoms with Crippen molar-refractivity contribution in [1.29, 1.82) is 0 Å². The highest BCUT2D eigenvalue weighted by molar-refractivity contribution is 5.29. The fourth-order valence-electron chi connectivity index (χ4n) is 3.87. The number of rotatable bonds is 8. The number of alkyl halides is 3. The molecule has 0 aliphatic carbocycles. The fraction of sp³-hybridized carbons (Fsp3) is 0.455. The zero-order valence-electron chi connectivity index (χ0n) is 17.4. The standard InChI is InChI=1S/C22H26F3N5O/c1-2-30-14-16(12-26-30)13-29-9-7-17(15-29)21-11-19(27-28-21)8-10-31-20-5-3-18(4-6-20)22(23,24)25/h3-6,11-12,14,17H,2,7-10,13,15H2,1H3,(H,27,28). The molecule has 1 aliphatic rings. The SMILES string of the molecule is CCn1cc(CN2CCC(c3cc(CCOc4ccc(C(F)(F)F)cc4)[nH]n3)C2)cn1.